The largest absolute Gasteiger partial charge is 0.391 e. The molecule has 3 atom stereocenters. The van der Waals surface area contributed by atoms with Crippen LogP contribution in [0.15, 0.2) is 24.3 Å². The Balaban J connectivity index is 1.70. The van der Waals surface area contributed by atoms with E-state index >= 15 is 0 Å². The van der Waals surface area contributed by atoms with Crippen molar-refractivity contribution in [2.75, 3.05) is 13.1 Å². The number of aliphatic hydroxyl groups excluding tert-OH is 1. The van der Waals surface area contributed by atoms with Crippen molar-refractivity contribution < 1.29 is 9.90 Å². The normalized spacial score (nSPS) is 29.1. The van der Waals surface area contributed by atoms with E-state index in [1.165, 1.54) is 11.1 Å². The number of likely N-dealkylation sites (tertiary alicyclic amines) is 1. The molecule has 0 radical (unpaired) electrons. The topological polar surface area (TPSA) is 52.6 Å². The first kappa shape index (κ1) is 13.4. The van der Waals surface area contributed by atoms with Gasteiger partial charge in [0.1, 0.15) is 0 Å². The molecule has 2 amide bonds. The zero-order valence-corrected chi connectivity index (χ0v) is 11.9. The maximum Gasteiger partial charge on any atom is 0.317 e. The highest BCUT2D eigenvalue weighted by Crippen LogP contribution is 2.35. The molecule has 4 heteroatoms. The molecule has 0 spiro atoms. The molecule has 20 heavy (non-hydrogen) atoms. The molecule has 1 fully saturated rings. The van der Waals surface area contributed by atoms with Crippen molar-refractivity contribution >= 4 is 6.03 Å². The van der Waals surface area contributed by atoms with Gasteiger partial charge < -0.3 is 15.3 Å². The number of carbonyl (C=O) groups is 1. The van der Waals surface area contributed by atoms with Gasteiger partial charge in [-0.2, -0.15) is 0 Å². The van der Waals surface area contributed by atoms with Gasteiger partial charge in [0.15, 0.2) is 0 Å². The third-order valence-electron chi connectivity index (χ3n) is 4.46. The molecule has 0 bridgehead atoms. The van der Waals surface area contributed by atoms with Crippen LogP contribution in [0.3, 0.4) is 0 Å². The van der Waals surface area contributed by atoms with Crippen molar-refractivity contribution in [3.8, 4) is 0 Å². The van der Waals surface area contributed by atoms with E-state index in [0.717, 1.165) is 25.8 Å². The number of nitrogens with zero attached hydrogens (tertiary/aromatic N) is 1. The number of hydrogen-bond donors (Lipinski definition) is 2. The fourth-order valence-corrected chi connectivity index (χ4v) is 3.38. The molecule has 4 nitrogen and oxygen atoms in total. The number of carbonyl (C=O) groups excluding carboxylic acids is 1. The van der Waals surface area contributed by atoms with Crippen LogP contribution in [-0.4, -0.2) is 35.2 Å². The number of fused-ring (bicyclic) bond motifs is 1. The van der Waals surface area contributed by atoms with Crippen LogP contribution < -0.4 is 5.32 Å². The summed E-state index contributed by atoms with van der Waals surface area (Å²) in [6.45, 7) is 3.37. The molecule has 1 heterocycles. The summed E-state index contributed by atoms with van der Waals surface area (Å²) in [5.41, 5.74) is 2.58. The van der Waals surface area contributed by atoms with Gasteiger partial charge in [-0.25, -0.2) is 4.79 Å². The first-order valence-corrected chi connectivity index (χ1v) is 7.46. The molecule has 1 saturated heterocycles. The standard InChI is InChI=1S/C16H22N2O2/c1-11-9-12-5-2-3-7-14(12)15(11)17-16(20)18-8-4-6-13(19)10-18/h2-3,5,7,11,13,15,19H,4,6,8-10H2,1H3,(H,17,20). The second kappa shape index (κ2) is 5.44. The van der Waals surface area contributed by atoms with Crippen LogP contribution in [0.25, 0.3) is 0 Å². The van der Waals surface area contributed by atoms with Gasteiger partial charge in [0.25, 0.3) is 0 Å². The quantitative estimate of drug-likeness (QED) is 0.824. The summed E-state index contributed by atoms with van der Waals surface area (Å²) in [6.07, 6.45) is 2.32. The van der Waals surface area contributed by atoms with Crippen LogP contribution in [0.5, 0.6) is 0 Å². The number of nitrogens with one attached hydrogen (secondary N) is 1. The molecule has 2 N–H and O–H groups in total. The molecule has 1 aromatic carbocycles. The van der Waals surface area contributed by atoms with E-state index in [1.54, 1.807) is 4.90 Å². The lowest BCUT2D eigenvalue weighted by Crippen LogP contribution is -2.48. The van der Waals surface area contributed by atoms with Gasteiger partial charge in [-0.3, -0.25) is 0 Å². The molecule has 1 aromatic rings. The van der Waals surface area contributed by atoms with Gasteiger partial charge in [0, 0.05) is 13.1 Å². The average Bonchev–Trinajstić information content (AvgIpc) is 2.75. The number of amides is 2. The third-order valence-corrected chi connectivity index (χ3v) is 4.46. The Morgan fingerprint density at radius 3 is 3.00 bits per heavy atom. The minimum Gasteiger partial charge on any atom is -0.391 e. The molecule has 1 aliphatic heterocycles. The summed E-state index contributed by atoms with van der Waals surface area (Å²) in [5.74, 6) is 0.422. The molecule has 2 aliphatic rings. The summed E-state index contributed by atoms with van der Waals surface area (Å²) in [4.78, 5) is 14.1. The minimum absolute atomic E-state index is 0.0442. The highest BCUT2D eigenvalue weighted by atomic mass is 16.3. The van der Waals surface area contributed by atoms with Crippen LogP contribution in [0.4, 0.5) is 4.79 Å². The van der Waals surface area contributed by atoms with Gasteiger partial charge in [-0.05, 0) is 36.3 Å². The molecular weight excluding hydrogens is 252 g/mol. The molecule has 3 rings (SSSR count). The summed E-state index contributed by atoms with van der Waals surface area (Å²) >= 11 is 0. The average molecular weight is 274 g/mol. The Labute approximate surface area is 119 Å². The maximum atomic E-state index is 12.4. The number of β-amino-alcohol motifs (C(OH)–C–C–N with tert-alkyl or cyclic N) is 1. The smallest absolute Gasteiger partial charge is 0.317 e. The fourth-order valence-electron chi connectivity index (χ4n) is 3.38. The Morgan fingerprint density at radius 1 is 1.40 bits per heavy atom. The van der Waals surface area contributed by atoms with E-state index in [4.69, 9.17) is 0 Å². The Morgan fingerprint density at radius 2 is 2.20 bits per heavy atom. The fraction of sp³-hybridized carbons (Fsp3) is 0.562. The monoisotopic (exact) mass is 274 g/mol. The van der Waals surface area contributed by atoms with E-state index in [1.807, 2.05) is 6.07 Å². The Hall–Kier alpha value is -1.55. The number of hydrogen-bond acceptors (Lipinski definition) is 2. The Bertz CT molecular complexity index is 503. The summed E-state index contributed by atoms with van der Waals surface area (Å²) in [7, 11) is 0. The zero-order valence-electron chi connectivity index (χ0n) is 11.9. The first-order valence-electron chi connectivity index (χ1n) is 7.46. The number of rotatable bonds is 1. The molecule has 3 unspecified atom stereocenters. The SMILES string of the molecule is CC1Cc2ccccc2C1NC(=O)N1CCCC(O)C1. The van der Waals surface area contributed by atoms with Crippen molar-refractivity contribution in [2.24, 2.45) is 5.92 Å². The molecule has 1 aliphatic carbocycles. The molecular formula is C16H22N2O2. The van der Waals surface area contributed by atoms with Crippen LogP contribution in [0.1, 0.15) is 36.9 Å². The summed E-state index contributed by atoms with van der Waals surface area (Å²) in [5, 5.41) is 12.8. The predicted molar refractivity (Wildman–Crippen MR) is 77.4 cm³/mol. The lowest BCUT2D eigenvalue weighted by Gasteiger charge is -2.32. The zero-order chi connectivity index (χ0) is 14.1. The highest BCUT2D eigenvalue weighted by molar-refractivity contribution is 5.75. The van der Waals surface area contributed by atoms with Gasteiger partial charge in [0.2, 0.25) is 0 Å². The third kappa shape index (κ3) is 2.52. The first-order chi connectivity index (χ1) is 9.65. The molecule has 0 aromatic heterocycles. The number of aliphatic hydroxyl groups is 1. The van der Waals surface area contributed by atoms with E-state index < -0.39 is 0 Å². The van der Waals surface area contributed by atoms with Crippen molar-refractivity contribution in [3.63, 3.8) is 0 Å². The van der Waals surface area contributed by atoms with Gasteiger partial charge in [0.05, 0.1) is 12.1 Å². The molecule has 108 valence electrons. The van der Waals surface area contributed by atoms with E-state index in [0.29, 0.717) is 12.5 Å². The highest BCUT2D eigenvalue weighted by Gasteiger charge is 2.32. The van der Waals surface area contributed by atoms with Crippen LogP contribution in [-0.2, 0) is 6.42 Å². The molecule has 0 saturated carbocycles. The van der Waals surface area contributed by atoms with Crippen LogP contribution >= 0.6 is 0 Å². The van der Waals surface area contributed by atoms with Crippen LogP contribution in [0.2, 0.25) is 0 Å². The van der Waals surface area contributed by atoms with E-state index in [2.05, 4.69) is 30.4 Å². The van der Waals surface area contributed by atoms with Crippen LogP contribution in [0, 0.1) is 5.92 Å². The summed E-state index contributed by atoms with van der Waals surface area (Å²) < 4.78 is 0. The Kier molecular flexibility index (Phi) is 3.66. The van der Waals surface area contributed by atoms with E-state index in [9.17, 15) is 9.90 Å². The summed E-state index contributed by atoms with van der Waals surface area (Å²) in [6, 6.07) is 8.38. The van der Waals surface area contributed by atoms with Gasteiger partial charge in [-0.15, -0.1) is 0 Å². The number of benzene rings is 1. The second-order valence-corrected chi connectivity index (χ2v) is 6.05. The van der Waals surface area contributed by atoms with Crippen molar-refractivity contribution in [2.45, 2.75) is 38.3 Å². The van der Waals surface area contributed by atoms with Gasteiger partial charge in [-0.1, -0.05) is 31.2 Å². The van der Waals surface area contributed by atoms with Crippen molar-refractivity contribution in [3.05, 3.63) is 35.4 Å². The van der Waals surface area contributed by atoms with E-state index in [-0.39, 0.29) is 18.2 Å². The predicted octanol–water partition coefficient (Wildman–Crippen LogP) is 2.09. The number of urea groups is 1. The lowest BCUT2D eigenvalue weighted by atomic mass is 10.0. The number of piperidine rings is 1. The van der Waals surface area contributed by atoms with Crippen molar-refractivity contribution in [1.82, 2.24) is 10.2 Å². The van der Waals surface area contributed by atoms with Gasteiger partial charge >= 0.3 is 6.03 Å². The second-order valence-electron chi connectivity index (χ2n) is 6.05. The lowest BCUT2D eigenvalue weighted by molar-refractivity contribution is 0.0827. The van der Waals surface area contributed by atoms with Crippen molar-refractivity contribution in [1.29, 1.82) is 0 Å². The minimum atomic E-state index is -0.372. The maximum absolute atomic E-state index is 12.4.